The predicted octanol–water partition coefficient (Wildman–Crippen LogP) is 0.466. The zero-order chi connectivity index (χ0) is 9.72. The van der Waals surface area contributed by atoms with Gasteiger partial charge in [0.2, 0.25) is 5.76 Å². The molecule has 0 aliphatic carbocycles. The van der Waals surface area contributed by atoms with Gasteiger partial charge in [0.05, 0.1) is 12.2 Å². The maximum Gasteiger partial charge on any atom is 0.373 e. The molecule has 0 rings (SSSR count). The number of aliphatic hydroxyl groups excluding tert-OH is 1. The monoisotopic (exact) mass is 174 g/mol. The van der Waals surface area contributed by atoms with Gasteiger partial charge >= 0.3 is 11.9 Å². The van der Waals surface area contributed by atoms with Crippen LogP contribution in [0.25, 0.3) is 0 Å². The molecule has 5 nitrogen and oxygen atoms in total. The number of carboxylic acid groups (broad SMARTS) is 1. The second-order valence-electron chi connectivity index (χ2n) is 2.00. The summed E-state index contributed by atoms with van der Waals surface area (Å²) in [6.45, 7) is 2.77. The summed E-state index contributed by atoms with van der Waals surface area (Å²) in [7, 11) is 0. The molecule has 5 heteroatoms. The molecule has 68 valence electrons. The van der Waals surface area contributed by atoms with E-state index in [9.17, 15) is 9.59 Å². The lowest BCUT2D eigenvalue weighted by Gasteiger charge is -2.01. The second-order valence-corrected chi connectivity index (χ2v) is 2.00. The van der Waals surface area contributed by atoms with Gasteiger partial charge in [0.25, 0.3) is 0 Å². The quantitative estimate of drug-likeness (QED) is 0.369. The van der Waals surface area contributed by atoms with Crippen LogP contribution in [-0.2, 0) is 14.3 Å². The van der Waals surface area contributed by atoms with Gasteiger partial charge in [-0.1, -0.05) is 0 Å². The first-order valence-corrected chi connectivity index (χ1v) is 3.31. The first-order valence-electron chi connectivity index (χ1n) is 3.31. The van der Waals surface area contributed by atoms with Crippen molar-refractivity contribution in [2.45, 2.75) is 13.8 Å². The Bertz CT molecular complexity index is 228. The summed E-state index contributed by atoms with van der Waals surface area (Å²) in [5.41, 5.74) is -0.423. The number of hydrogen-bond acceptors (Lipinski definition) is 4. The number of ether oxygens (including phenoxy) is 1. The van der Waals surface area contributed by atoms with Crippen molar-refractivity contribution >= 4 is 11.9 Å². The van der Waals surface area contributed by atoms with E-state index in [-0.39, 0.29) is 6.61 Å². The summed E-state index contributed by atoms with van der Waals surface area (Å²) >= 11 is 0. The maximum atomic E-state index is 10.7. The molecular weight excluding hydrogens is 164 g/mol. The van der Waals surface area contributed by atoms with Gasteiger partial charge in [0.15, 0.2) is 0 Å². The lowest BCUT2D eigenvalue weighted by atomic mass is 10.2. The summed E-state index contributed by atoms with van der Waals surface area (Å²) in [5, 5.41) is 17.3. The SMILES string of the molecule is CCOC(=O)/C(O)=C(\C)C(=O)O. The lowest BCUT2D eigenvalue weighted by molar-refractivity contribution is -0.143. The van der Waals surface area contributed by atoms with Crippen molar-refractivity contribution in [2.24, 2.45) is 0 Å². The largest absolute Gasteiger partial charge is 0.501 e. The van der Waals surface area contributed by atoms with Crippen LogP contribution >= 0.6 is 0 Å². The summed E-state index contributed by atoms with van der Waals surface area (Å²) in [5.74, 6) is -3.22. The van der Waals surface area contributed by atoms with E-state index >= 15 is 0 Å². The molecule has 0 saturated heterocycles. The minimum atomic E-state index is -1.35. The summed E-state index contributed by atoms with van der Waals surface area (Å²) in [6.07, 6.45) is 0. The van der Waals surface area contributed by atoms with Gasteiger partial charge in [-0.05, 0) is 13.8 Å². The van der Waals surface area contributed by atoms with E-state index in [2.05, 4.69) is 4.74 Å². The van der Waals surface area contributed by atoms with E-state index in [0.29, 0.717) is 0 Å². The van der Waals surface area contributed by atoms with Gasteiger partial charge in [-0.25, -0.2) is 9.59 Å². The third-order valence-electron chi connectivity index (χ3n) is 1.14. The molecule has 0 fully saturated rings. The van der Waals surface area contributed by atoms with Crippen molar-refractivity contribution in [1.82, 2.24) is 0 Å². The number of carbonyl (C=O) groups excluding carboxylic acids is 1. The van der Waals surface area contributed by atoms with E-state index in [1.54, 1.807) is 6.92 Å². The Labute approximate surface area is 69.3 Å². The standard InChI is InChI=1S/C7H10O5/c1-3-12-7(11)5(8)4(2)6(9)10/h8H,3H2,1-2H3,(H,9,10)/b5-4-. The molecule has 0 heterocycles. The lowest BCUT2D eigenvalue weighted by Crippen LogP contribution is -2.12. The normalized spacial score (nSPS) is 11.8. The summed E-state index contributed by atoms with van der Waals surface area (Å²) < 4.78 is 4.36. The average molecular weight is 174 g/mol. The highest BCUT2D eigenvalue weighted by atomic mass is 16.5. The van der Waals surface area contributed by atoms with Gasteiger partial charge in [0.1, 0.15) is 0 Å². The predicted molar refractivity (Wildman–Crippen MR) is 39.6 cm³/mol. The summed E-state index contributed by atoms with van der Waals surface area (Å²) in [4.78, 5) is 20.9. The van der Waals surface area contributed by atoms with Crippen LogP contribution < -0.4 is 0 Å². The highest BCUT2D eigenvalue weighted by Gasteiger charge is 2.16. The number of esters is 1. The van der Waals surface area contributed by atoms with E-state index in [4.69, 9.17) is 10.2 Å². The fourth-order valence-electron chi connectivity index (χ4n) is 0.454. The molecule has 2 N–H and O–H groups in total. The molecule has 0 saturated carbocycles. The van der Waals surface area contributed by atoms with Crippen LogP contribution in [0.4, 0.5) is 0 Å². The Kier molecular flexibility index (Phi) is 3.82. The fourth-order valence-corrected chi connectivity index (χ4v) is 0.454. The third-order valence-corrected chi connectivity index (χ3v) is 1.14. The Hall–Kier alpha value is -1.52. The van der Waals surface area contributed by atoms with Gasteiger partial charge < -0.3 is 14.9 Å². The zero-order valence-corrected chi connectivity index (χ0v) is 6.83. The van der Waals surface area contributed by atoms with E-state index in [0.717, 1.165) is 6.92 Å². The zero-order valence-electron chi connectivity index (χ0n) is 6.83. The van der Waals surface area contributed by atoms with Crippen LogP contribution in [0.3, 0.4) is 0 Å². The van der Waals surface area contributed by atoms with E-state index < -0.39 is 23.3 Å². The van der Waals surface area contributed by atoms with Gasteiger partial charge in [-0.15, -0.1) is 0 Å². The van der Waals surface area contributed by atoms with Crippen LogP contribution in [-0.4, -0.2) is 28.8 Å². The van der Waals surface area contributed by atoms with Gasteiger partial charge in [0, 0.05) is 0 Å². The highest BCUT2D eigenvalue weighted by Crippen LogP contribution is 2.02. The number of aliphatic carboxylic acids is 1. The molecule has 0 bridgehead atoms. The number of carbonyl (C=O) groups is 2. The van der Waals surface area contributed by atoms with E-state index in [1.165, 1.54) is 0 Å². The number of rotatable bonds is 3. The fraction of sp³-hybridized carbons (Fsp3) is 0.429. The van der Waals surface area contributed by atoms with Gasteiger partial charge in [-0.3, -0.25) is 0 Å². The smallest absolute Gasteiger partial charge is 0.373 e. The molecule has 0 aliphatic heterocycles. The molecule has 0 radical (unpaired) electrons. The molecule has 0 atom stereocenters. The van der Waals surface area contributed by atoms with Gasteiger partial charge in [-0.2, -0.15) is 0 Å². The molecule has 0 aromatic heterocycles. The average Bonchev–Trinajstić information content (AvgIpc) is 2.02. The van der Waals surface area contributed by atoms with Crippen LogP contribution in [0, 0.1) is 0 Å². The molecule has 0 unspecified atom stereocenters. The van der Waals surface area contributed by atoms with Crippen molar-refractivity contribution in [1.29, 1.82) is 0 Å². The minimum absolute atomic E-state index is 0.0930. The molecule has 0 aromatic carbocycles. The molecule has 0 spiro atoms. The Balaban J connectivity index is 4.55. The molecular formula is C7H10O5. The number of carboxylic acids is 1. The second kappa shape index (κ2) is 4.38. The first kappa shape index (κ1) is 10.5. The maximum absolute atomic E-state index is 10.7. The molecule has 0 aliphatic rings. The van der Waals surface area contributed by atoms with Crippen molar-refractivity contribution < 1.29 is 24.5 Å². The van der Waals surface area contributed by atoms with Crippen LogP contribution in [0.2, 0.25) is 0 Å². The number of hydrogen-bond donors (Lipinski definition) is 2. The summed E-state index contributed by atoms with van der Waals surface area (Å²) in [6, 6.07) is 0. The number of aliphatic hydroxyl groups is 1. The molecule has 0 amide bonds. The Morgan fingerprint density at radius 1 is 1.33 bits per heavy atom. The van der Waals surface area contributed by atoms with Crippen molar-refractivity contribution in [2.75, 3.05) is 6.61 Å². The Morgan fingerprint density at radius 3 is 2.17 bits per heavy atom. The van der Waals surface area contributed by atoms with Crippen molar-refractivity contribution in [3.8, 4) is 0 Å². The minimum Gasteiger partial charge on any atom is -0.501 e. The molecule has 0 aromatic rings. The third kappa shape index (κ3) is 2.61. The van der Waals surface area contributed by atoms with Crippen molar-refractivity contribution in [3.63, 3.8) is 0 Å². The highest BCUT2D eigenvalue weighted by molar-refractivity contribution is 5.97. The topological polar surface area (TPSA) is 83.8 Å². The Morgan fingerprint density at radius 2 is 1.83 bits per heavy atom. The van der Waals surface area contributed by atoms with E-state index in [1.807, 2.05) is 0 Å². The molecule has 12 heavy (non-hydrogen) atoms. The van der Waals surface area contributed by atoms with Crippen molar-refractivity contribution in [3.05, 3.63) is 11.3 Å². The first-order chi connectivity index (χ1) is 5.50. The van der Waals surface area contributed by atoms with Crippen LogP contribution in [0.15, 0.2) is 11.3 Å². The van der Waals surface area contributed by atoms with Crippen LogP contribution in [0.5, 0.6) is 0 Å². The van der Waals surface area contributed by atoms with Crippen LogP contribution in [0.1, 0.15) is 13.8 Å².